The standard InChI is InChI=1S/C5H11NS/c1-5(6)3-2-4-7/h7H,1-4,6H2. The molecule has 0 saturated heterocycles. The Bertz CT molecular complexity index is 61.1. The van der Waals surface area contributed by atoms with Crippen molar-refractivity contribution in [1.29, 1.82) is 0 Å². The summed E-state index contributed by atoms with van der Waals surface area (Å²) in [5.74, 6) is 0.899. The SMILES string of the molecule is C=C(N)CCCS. The van der Waals surface area contributed by atoms with Gasteiger partial charge in [0.05, 0.1) is 0 Å². The smallest absolute Gasteiger partial charge is 0.000774 e. The van der Waals surface area contributed by atoms with Gasteiger partial charge in [0.25, 0.3) is 0 Å². The van der Waals surface area contributed by atoms with Gasteiger partial charge in [-0.05, 0) is 18.6 Å². The summed E-state index contributed by atoms with van der Waals surface area (Å²) in [5.41, 5.74) is 6.01. The Labute approximate surface area is 50.0 Å². The molecule has 0 atom stereocenters. The maximum Gasteiger partial charge on any atom is 0.000774 e. The molecule has 0 heterocycles. The van der Waals surface area contributed by atoms with E-state index in [-0.39, 0.29) is 0 Å². The summed E-state index contributed by atoms with van der Waals surface area (Å²) in [6.45, 7) is 3.54. The van der Waals surface area contributed by atoms with Crippen molar-refractivity contribution >= 4 is 12.6 Å². The molecule has 0 spiro atoms. The van der Waals surface area contributed by atoms with E-state index in [1.54, 1.807) is 0 Å². The van der Waals surface area contributed by atoms with E-state index in [9.17, 15) is 0 Å². The van der Waals surface area contributed by atoms with Crippen molar-refractivity contribution in [3.8, 4) is 0 Å². The summed E-state index contributed by atoms with van der Waals surface area (Å²) in [6.07, 6.45) is 1.95. The molecule has 0 fully saturated rings. The van der Waals surface area contributed by atoms with Crippen LogP contribution in [0.25, 0.3) is 0 Å². The van der Waals surface area contributed by atoms with Crippen molar-refractivity contribution in [2.75, 3.05) is 5.75 Å². The first-order chi connectivity index (χ1) is 3.27. The highest BCUT2D eigenvalue weighted by atomic mass is 32.1. The Hall–Kier alpha value is -0.110. The van der Waals surface area contributed by atoms with E-state index >= 15 is 0 Å². The van der Waals surface area contributed by atoms with Crippen LogP contribution in [0.2, 0.25) is 0 Å². The number of thiol groups is 1. The number of rotatable bonds is 3. The number of allylic oxidation sites excluding steroid dienone is 1. The van der Waals surface area contributed by atoms with Crippen molar-refractivity contribution in [1.82, 2.24) is 0 Å². The van der Waals surface area contributed by atoms with Gasteiger partial charge in [0.2, 0.25) is 0 Å². The second kappa shape index (κ2) is 4.06. The lowest BCUT2D eigenvalue weighted by Gasteiger charge is -1.92. The van der Waals surface area contributed by atoms with Gasteiger partial charge in [0.15, 0.2) is 0 Å². The fraction of sp³-hybridized carbons (Fsp3) is 0.600. The second-order valence-corrected chi connectivity index (χ2v) is 1.93. The summed E-state index contributed by atoms with van der Waals surface area (Å²) in [7, 11) is 0. The highest BCUT2D eigenvalue weighted by Gasteiger charge is 1.82. The van der Waals surface area contributed by atoms with Crippen LogP contribution in [0.1, 0.15) is 12.8 Å². The van der Waals surface area contributed by atoms with E-state index in [4.69, 9.17) is 5.73 Å². The Balaban J connectivity index is 2.82. The third-order valence-corrected chi connectivity index (χ3v) is 0.972. The van der Waals surface area contributed by atoms with E-state index in [1.165, 1.54) is 0 Å². The Kier molecular flexibility index (Phi) is 4.00. The van der Waals surface area contributed by atoms with Gasteiger partial charge in [-0.2, -0.15) is 12.6 Å². The molecule has 2 heteroatoms. The number of hydrogen-bond acceptors (Lipinski definition) is 2. The van der Waals surface area contributed by atoms with E-state index in [0.29, 0.717) is 0 Å². The minimum Gasteiger partial charge on any atom is -0.403 e. The van der Waals surface area contributed by atoms with Crippen molar-refractivity contribution in [2.24, 2.45) is 5.73 Å². The first-order valence-electron chi connectivity index (χ1n) is 2.31. The maximum absolute atomic E-state index is 5.25. The summed E-state index contributed by atoms with van der Waals surface area (Å²) in [4.78, 5) is 0. The molecule has 0 amide bonds. The van der Waals surface area contributed by atoms with Crippen LogP contribution in [0.3, 0.4) is 0 Å². The van der Waals surface area contributed by atoms with Crippen LogP contribution in [0.15, 0.2) is 12.3 Å². The van der Waals surface area contributed by atoms with E-state index in [1.807, 2.05) is 0 Å². The van der Waals surface area contributed by atoms with Gasteiger partial charge in [0.1, 0.15) is 0 Å². The lowest BCUT2D eigenvalue weighted by Crippen LogP contribution is -1.93. The fourth-order valence-electron chi connectivity index (χ4n) is 0.306. The highest BCUT2D eigenvalue weighted by Crippen LogP contribution is 1.94. The van der Waals surface area contributed by atoms with Crippen LogP contribution in [-0.4, -0.2) is 5.75 Å². The number of hydrogen-bond donors (Lipinski definition) is 2. The summed E-state index contributed by atoms with van der Waals surface area (Å²) >= 11 is 4.00. The van der Waals surface area contributed by atoms with Crippen LogP contribution in [0.5, 0.6) is 0 Å². The molecule has 0 saturated carbocycles. The third-order valence-electron chi connectivity index (χ3n) is 0.656. The van der Waals surface area contributed by atoms with Gasteiger partial charge in [-0.1, -0.05) is 6.58 Å². The molecule has 0 unspecified atom stereocenters. The van der Waals surface area contributed by atoms with Crippen molar-refractivity contribution in [3.63, 3.8) is 0 Å². The molecule has 0 radical (unpaired) electrons. The molecule has 7 heavy (non-hydrogen) atoms. The van der Waals surface area contributed by atoms with Crippen LogP contribution in [0, 0.1) is 0 Å². The molecule has 0 bridgehead atoms. The van der Waals surface area contributed by atoms with Crippen molar-refractivity contribution < 1.29 is 0 Å². The molecule has 0 aromatic rings. The molecular weight excluding hydrogens is 106 g/mol. The van der Waals surface area contributed by atoms with Crippen molar-refractivity contribution in [3.05, 3.63) is 12.3 Å². The average Bonchev–Trinajstić information content (AvgIpc) is 1.61. The van der Waals surface area contributed by atoms with Gasteiger partial charge in [-0.25, -0.2) is 0 Å². The van der Waals surface area contributed by atoms with Crippen LogP contribution in [0.4, 0.5) is 0 Å². The molecule has 0 rings (SSSR count). The van der Waals surface area contributed by atoms with Gasteiger partial charge < -0.3 is 5.73 Å². The summed E-state index contributed by atoms with van der Waals surface area (Å²) in [6, 6.07) is 0. The summed E-state index contributed by atoms with van der Waals surface area (Å²) < 4.78 is 0. The molecule has 1 nitrogen and oxygen atoms in total. The normalized spacial score (nSPS) is 8.71. The molecule has 2 N–H and O–H groups in total. The monoisotopic (exact) mass is 117 g/mol. The zero-order valence-electron chi connectivity index (χ0n) is 4.35. The van der Waals surface area contributed by atoms with Gasteiger partial charge in [-0.3, -0.25) is 0 Å². The minimum atomic E-state index is 0.758. The predicted molar refractivity (Wildman–Crippen MR) is 36.4 cm³/mol. The van der Waals surface area contributed by atoms with Gasteiger partial charge in [-0.15, -0.1) is 0 Å². The lowest BCUT2D eigenvalue weighted by atomic mass is 10.3. The molecule has 0 aliphatic heterocycles. The minimum absolute atomic E-state index is 0.758. The van der Waals surface area contributed by atoms with Gasteiger partial charge >= 0.3 is 0 Å². The molecule has 0 aliphatic carbocycles. The molecule has 0 aromatic heterocycles. The quantitative estimate of drug-likeness (QED) is 0.533. The Morgan fingerprint density at radius 3 is 2.43 bits per heavy atom. The first-order valence-corrected chi connectivity index (χ1v) is 2.94. The third kappa shape index (κ3) is 5.89. The zero-order valence-corrected chi connectivity index (χ0v) is 5.25. The average molecular weight is 117 g/mol. The Morgan fingerprint density at radius 2 is 2.29 bits per heavy atom. The molecule has 42 valence electrons. The second-order valence-electron chi connectivity index (χ2n) is 1.49. The lowest BCUT2D eigenvalue weighted by molar-refractivity contribution is 0.910. The van der Waals surface area contributed by atoms with Gasteiger partial charge in [0, 0.05) is 5.70 Å². The maximum atomic E-state index is 5.25. The first kappa shape index (κ1) is 6.89. The molecular formula is C5H11NS. The topological polar surface area (TPSA) is 26.0 Å². The van der Waals surface area contributed by atoms with E-state index in [0.717, 1.165) is 24.3 Å². The predicted octanol–water partition coefficient (Wildman–Crippen LogP) is 1.17. The number of nitrogens with two attached hydrogens (primary N) is 1. The van der Waals surface area contributed by atoms with Crippen LogP contribution in [-0.2, 0) is 0 Å². The molecule has 0 aromatic carbocycles. The van der Waals surface area contributed by atoms with E-state index < -0.39 is 0 Å². The molecule has 0 aliphatic rings. The van der Waals surface area contributed by atoms with Crippen LogP contribution < -0.4 is 5.73 Å². The zero-order chi connectivity index (χ0) is 5.70. The van der Waals surface area contributed by atoms with Crippen LogP contribution >= 0.6 is 12.6 Å². The van der Waals surface area contributed by atoms with Crippen molar-refractivity contribution in [2.45, 2.75) is 12.8 Å². The Morgan fingerprint density at radius 1 is 1.71 bits per heavy atom. The fourth-order valence-corrected chi connectivity index (χ4v) is 0.464. The summed E-state index contributed by atoms with van der Waals surface area (Å²) in [5, 5.41) is 0. The largest absolute Gasteiger partial charge is 0.403 e. The highest BCUT2D eigenvalue weighted by molar-refractivity contribution is 7.80. The van der Waals surface area contributed by atoms with E-state index in [2.05, 4.69) is 19.2 Å².